The summed E-state index contributed by atoms with van der Waals surface area (Å²) in [6.45, 7) is 2.36. The molecule has 1 aromatic heterocycles. The fraction of sp³-hybridized carbons (Fsp3) is 0.250. The predicted molar refractivity (Wildman–Crippen MR) is 88.7 cm³/mol. The van der Waals surface area contributed by atoms with E-state index in [0.717, 1.165) is 21.5 Å². The highest BCUT2D eigenvalue weighted by Crippen LogP contribution is 2.39. The van der Waals surface area contributed by atoms with Crippen molar-refractivity contribution in [1.29, 1.82) is 0 Å². The molecule has 0 bridgehead atoms. The quantitative estimate of drug-likeness (QED) is 0.846. The van der Waals surface area contributed by atoms with Crippen molar-refractivity contribution in [2.45, 2.75) is 13.1 Å². The molecule has 6 heteroatoms. The van der Waals surface area contributed by atoms with E-state index in [-0.39, 0.29) is 18.7 Å². The van der Waals surface area contributed by atoms with Gasteiger partial charge in [-0.2, -0.15) is 0 Å². The van der Waals surface area contributed by atoms with Crippen molar-refractivity contribution in [3.05, 3.63) is 52.6 Å². The second-order valence-corrected chi connectivity index (χ2v) is 5.82. The lowest BCUT2D eigenvalue weighted by Gasteiger charge is -2.26. The van der Waals surface area contributed by atoms with E-state index in [1.54, 1.807) is 13.1 Å². The number of hydrogen-bond donors (Lipinski definition) is 1. The summed E-state index contributed by atoms with van der Waals surface area (Å²) in [4.78, 5) is 18.2. The summed E-state index contributed by atoms with van der Waals surface area (Å²) >= 11 is 3.49. The predicted octanol–water partition coefficient (Wildman–Crippen LogP) is 3.34. The molecule has 1 aromatic carbocycles. The Kier molecular flexibility index (Phi) is 4.29. The average molecular weight is 362 g/mol. The highest BCUT2D eigenvalue weighted by molar-refractivity contribution is 9.10. The van der Waals surface area contributed by atoms with Gasteiger partial charge in [0, 0.05) is 10.7 Å². The maximum absolute atomic E-state index is 11.9. The standard InChI is InChI=1S/C16H16BrN3O2/c1-2-22-14(21)10-20-13-7-4-8-18-15(13)19-16(20)11-5-3-6-12(17)9-11/h3-9,16H,2,10H2,1H3,(H,18,19). The van der Waals surface area contributed by atoms with Crippen molar-refractivity contribution in [2.75, 3.05) is 23.4 Å². The van der Waals surface area contributed by atoms with Crippen LogP contribution in [-0.4, -0.2) is 24.1 Å². The van der Waals surface area contributed by atoms with Crippen LogP contribution in [0.15, 0.2) is 47.1 Å². The van der Waals surface area contributed by atoms with Crippen LogP contribution in [0.5, 0.6) is 0 Å². The number of esters is 1. The Hall–Kier alpha value is -2.08. The molecule has 22 heavy (non-hydrogen) atoms. The first kappa shape index (κ1) is 14.8. The van der Waals surface area contributed by atoms with E-state index >= 15 is 0 Å². The summed E-state index contributed by atoms with van der Waals surface area (Å²) < 4.78 is 6.08. The molecule has 0 saturated heterocycles. The Labute approximate surface area is 137 Å². The van der Waals surface area contributed by atoms with Gasteiger partial charge in [0.05, 0.1) is 12.3 Å². The molecule has 0 aliphatic carbocycles. The van der Waals surface area contributed by atoms with Gasteiger partial charge in [-0.05, 0) is 36.8 Å². The minimum Gasteiger partial charge on any atom is -0.465 e. The molecule has 1 aliphatic rings. The van der Waals surface area contributed by atoms with Gasteiger partial charge in [0.25, 0.3) is 0 Å². The Morgan fingerprint density at radius 3 is 3.05 bits per heavy atom. The third kappa shape index (κ3) is 2.92. The van der Waals surface area contributed by atoms with Crippen molar-refractivity contribution in [2.24, 2.45) is 0 Å². The van der Waals surface area contributed by atoms with Crippen LogP contribution in [0, 0.1) is 0 Å². The largest absolute Gasteiger partial charge is 0.465 e. The molecule has 114 valence electrons. The number of nitrogens with zero attached hydrogens (tertiary/aromatic N) is 2. The third-order valence-corrected chi connectivity index (χ3v) is 3.94. The fourth-order valence-corrected chi connectivity index (χ4v) is 2.97. The molecule has 2 heterocycles. The zero-order chi connectivity index (χ0) is 15.5. The van der Waals surface area contributed by atoms with E-state index in [4.69, 9.17) is 4.74 Å². The summed E-state index contributed by atoms with van der Waals surface area (Å²) in [5, 5.41) is 3.36. The van der Waals surface area contributed by atoms with Crippen LogP contribution >= 0.6 is 15.9 Å². The molecule has 1 N–H and O–H groups in total. The number of fused-ring (bicyclic) bond motifs is 1. The van der Waals surface area contributed by atoms with Crippen molar-refractivity contribution in [1.82, 2.24) is 4.98 Å². The normalized spacial score (nSPS) is 16.1. The first-order chi connectivity index (χ1) is 10.7. The third-order valence-electron chi connectivity index (χ3n) is 3.45. The topological polar surface area (TPSA) is 54.5 Å². The van der Waals surface area contributed by atoms with Crippen molar-refractivity contribution < 1.29 is 9.53 Å². The Morgan fingerprint density at radius 1 is 1.41 bits per heavy atom. The number of anilines is 2. The number of pyridine rings is 1. The number of carbonyl (C=O) groups is 1. The second kappa shape index (κ2) is 6.36. The number of nitrogens with one attached hydrogen (secondary N) is 1. The molecule has 2 aromatic rings. The monoisotopic (exact) mass is 361 g/mol. The Morgan fingerprint density at radius 2 is 2.27 bits per heavy atom. The molecular formula is C16H16BrN3O2. The molecular weight excluding hydrogens is 346 g/mol. The lowest BCUT2D eigenvalue weighted by molar-refractivity contribution is -0.141. The number of aromatic nitrogens is 1. The van der Waals surface area contributed by atoms with Crippen molar-refractivity contribution in [3.8, 4) is 0 Å². The lowest BCUT2D eigenvalue weighted by atomic mass is 10.1. The molecule has 0 saturated carbocycles. The van der Waals surface area contributed by atoms with Gasteiger partial charge in [0.15, 0.2) is 5.82 Å². The van der Waals surface area contributed by atoms with Gasteiger partial charge < -0.3 is 15.0 Å². The van der Waals surface area contributed by atoms with Gasteiger partial charge >= 0.3 is 5.97 Å². The van der Waals surface area contributed by atoms with E-state index in [1.165, 1.54) is 0 Å². The smallest absolute Gasteiger partial charge is 0.325 e. The number of rotatable bonds is 4. The molecule has 3 rings (SSSR count). The number of benzene rings is 1. The summed E-state index contributed by atoms with van der Waals surface area (Å²) in [7, 11) is 0. The fourth-order valence-electron chi connectivity index (χ4n) is 2.55. The van der Waals surface area contributed by atoms with Gasteiger partial charge in [-0.3, -0.25) is 4.79 Å². The molecule has 0 radical (unpaired) electrons. The van der Waals surface area contributed by atoms with Crippen molar-refractivity contribution in [3.63, 3.8) is 0 Å². The molecule has 0 amide bonds. The van der Waals surface area contributed by atoms with E-state index in [1.807, 2.05) is 41.3 Å². The molecule has 0 spiro atoms. The second-order valence-electron chi connectivity index (χ2n) is 4.91. The van der Waals surface area contributed by atoms with E-state index in [0.29, 0.717) is 6.61 Å². The molecule has 1 atom stereocenters. The summed E-state index contributed by atoms with van der Waals surface area (Å²) in [5.74, 6) is 0.526. The Balaban J connectivity index is 1.94. The zero-order valence-electron chi connectivity index (χ0n) is 12.1. The van der Waals surface area contributed by atoms with Crippen LogP contribution in [0.25, 0.3) is 0 Å². The van der Waals surface area contributed by atoms with Crippen molar-refractivity contribution >= 4 is 33.4 Å². The van der Waals surface area contributed by atoms with Gasteiger partial charge in [0.1, 0.15) is 12.7 Å². The first-order valence-corrected chi connectivity index (χ1v) is 7.87. The van der Waals surface area contributed by atoms with Crippen LogP contribution in [0.1, 0.15) is 18.7 Å². The molecule has 1 aliphatic heterocycles. The maximum atomic E-state index is 11.9. The first-order valence-electron chi connectivity index (χ1n) is 7.08. The van der Waals surface area contributed by atoms with Gasteiger partial charge in [0.2, 0.25) is 0 Å². The van der Waals surface area contributed by atoms with E-state index in [9.17, 15) is 4.79 Å². The number of ether oxygens (including phenoxy) is 1. The number of hydrogen-bond acceptors (Lipinski definition) is 5. The van der Waals surface area contributed by atoms with E-state index < -0.39 is 0 Å². The average Bonchev–Trinajstić information content (AvgIpc) is 2.86. The lowest BCUT2D eigenvalue weighted by Crippen LogP contribution is -2.34. The summed E-state index contributed by atoms with van der Waals surface area (Å²) in [6.07, 6.45) is 1.59. The number of halogens is 1. The summed E-state index contributed by atoms with van der Waals surface area (Å²) in [6, 6.07) is 11.8. The Bertz CT molecular complexity index is 693. The van der Waals surface area contributed by atoms with Gasteiger partial charge in [-0.15, -0.1) is 0 Å². The van der Waals surface area contributed by atoms with E-state index in [2.05, 4.69) is 26.2 Å². The highest BCUT2D eigenvalue weighted by Gasteiger charge is 2.32. The van der Waals surface area contributed by atoms with Gasteiger partial charge in [-0.25, -0.2) is 4.98 Å². The molecule has 5 nitrogen and oxygen atoms in total. The van der Waals surface area contributed by atoms with Gasteiger partial charge in [-0.1, -0.05) is 28.1 Å². The van der Waals surface area contributed by atoms with Crippen LogP contribution in [0.4, 0.5) is 11.5 Å². The SMILES string of the molecule is CCOC(=O)CN1c2cccnc2NC1c1cccc(Br)c1. The highest BCUT2D eigenvalue weighted by atomic mass is 79.9. The number of carbonyl (C=O) groups excluding carboxylic acids is 1. The maximum Gasteiger partial charge on any atom is 0.325 e. The van der Waals surface area contributed by atoms with Crippen LogP contribution in [0.2, 0.25) is 0 Å². The van der Waals surface area contributed by atoms with Crippen LogP contribution in [-0.2, 0) is 9.53 Å². The zero-order valence-corrected chi connectivity index (χ0v) is 13.7. The summed E-state index contributed by atoms with van der Waals surface area (Å²) in [5.41, 5.74) is 1.96. The minimum absolute atomic E-state index is 0.146. The minimum atomic E-state index is -0.249. The molecule has 1 unspecified atom stereocenters. The van der Waals surface area contributed by atoms with Crippen LogP contribution in [0.3, 0.4) is 0 Å². The van der Waals surface area contributed by atoms with Crippen LogP contribution < -0.4 is 10.2 Å². The molecule has 0 fully saturated rings.